The fourth-order valence-electron chi connectivity index (χ4n) is 1.16. The summed E-state index contributed by atoms with van der Waals surface area (Å²) in [5.74, 6) is 6.80. The van der Waals surface area contributed by atoms with E-state index in [1.54, 1.807) is 0 Å². The van der Waals surface area contributed by atoms with Gasteiger partial charge in [-0.2, -0.15) is 0 Å². The number of rotatable bonds is 6. The third-order valence-corrected chi connectivity index (χ3v) is 1.95. The van der Waals surface area contributed by atoms with Crippen LogP contribution in [0.15, 0.2) is 0 Å². The number of hydrogen-bond acceptors (Lipinski definition) is 2. The summed E-state index contributed by atoms with van der Waals surface area (Å²) in [6.45, 7) is 4.40. The molecule has 0 saturated heterocycles. The molecule has 0 rings (SSSR count). The van der Waals surface area contributed by atoms with Crippen LogP contribution in [0.2, 0.25) is 0 Å². The number of nitrogens with two attached hydrogens (primary N) is 1. The number of hydrogen-bond donors (Lipinski definition) is 2. The molecule has 3 heteroatoms. The maximum Gasteiger partial charge on any atom is 0.0224 e. The monoisotopic (exact) mass is 178 g/mol. The van der Waals surface area contributed by atoms with Crippen LogP contribution in [0.3, 0.4) is 0 Å². The van der Waals surface area contributed by atoms with Gasteiger partial charge in [0.25, 0.3) is 0 Å². The largest absolute Gasteiger partial charge is 0.271 e. The molecule has 3 N–H and O–H groups in total. The summed E-state index contributed by atoms with van der Waals surface area (Å²) >= 11 is 5.57. The molecule has 68 valence electrons. The SMILES string of the molecule is CC(C)CC(CCCCl)NN. The molecule has 0 aromatic carbocycles. The van der Waals surface area contributed by atoms with Gasteiger partial charge in [0.05, 0.1) is 0 Å². The predicted molar refractivity (Wildman–Crippen MR) is 50.5 cm³/mol. The van der Waals surface area contributed by atoms with Crippen LogP contribution < -0.4 is 11.3 Å². The average Bonchev–Trinajstić information content (AvgIpc) is 1.97. The summed E-state index contributed by atoms with van der Waals surface area (Å²) in [7, 11) is 0. The topological polar surface area (TPSA) is 38.0 Å². The molecule has 0 fully saturated rings. The highest BCUT2D eigenvalue weighted by molar-refractivity contribution is 6.17. The normalized spacial score (nSPS) is 13.9. The minimum absolute atomic E-state index is 0.439. The molecule has 0 bridgehead atoms. The van der Waals surface area contributed by atoms with Gasteiger partial charge in [-0.15, -0.1) is 11.6 Å². The lowest BCUT2D eigenvalue weighted by Crippen LogP contribution is -2.36. The zero-order valence-corrected chi connectivity index (χ0v) is 8.19. The summed E-state index contributed by atoms with van der Waals surface area (Å²) in [6.07, 6.45) is 3.26. The number of alkyl halides is 1. The van der Waals surface area contributed by atoms with E-state index in [4.69, 9.17) is 17.4 Å². The summed E-state index contributed by atoms with van der Waals surface area (Å²) in [4.78, 5) is 0. The molecule has 0 saturated carbocycles. The molecule has 0 spiro atoms. The average molecular weight is 179 g/mol. The van der Waals surface area contributed by atoms with E-state index in [1.807, 2.05) is 0 Å². The molecule has 0 aliphatic rings. The molecule has 11 heavy (non-hydrogen) atoms. The first-order valence-corrected chi connectivity index (χ1v) is 4.76. The molecule has 1 unspecified atom stereocenters. The van der Waals surface area contributed by atoms with Crippen LogP contribution in [0.25, 0.3) is 0 Å². The minimum Gasteiger partial charge on any atom is -0.271 e. The number of nitrogens with one attached hydrogen (secondary N) is 1. The summed E-state index contributed by atoms with van der Waals surface area (Å²) in [6, 6.07) is 0.439. The van der Waals surface area contributed by atoms with E-state index < -0.39 is 0 Å². The van der Waals surface area contributed by atoms with E-state index in [0.29, 0.717) is 12.0 Å². The van der Waals surface area contributed by atoms with E-state index in [0.717, 1.165) is 25.1 Å². The molecular formula is C8H19ClN2. The van der Waals surface area contributed by atoms with Gasteiger partial charge in [0.1, 0.15) is 0 Å². The summed E-state index contributed by atoms with van der Waals surface area (Å²) < 4.78 is 0. The van der Waals surface area contributed by atoms with Gasteiger partial charge in [-0.05, 0) is 25.2 Å². The van der Waals surface area contributed by atoms with Gasteiger partial charge in [0.2, 0.25) is 0 Å². The van der Waals surface area contributed by atoms with Crippen molar-refractivity contribution in [3.63, 3.8) is 0 Å². The Morgan fingerprint density at radius 2 is 2.09 bits per heavy atom. The quantitative estimate of drug-likeness (QED) is 0.370. The molecule has 1 atom stereocenters. The van der Waals surface area contributed by atoms with Crippen LogP contribution in [0, 0.1) is 5.92 Å². The Morgan fingerprint density at radius 3 is 2.45 bits per heavy atom. The highest BCUT2D eigenvalue weighted by Crippen LogP contribution is 2.09. The van der Waals surface area contributed by atoms with Crippen molar-refractivity contribution >= 4 is 11.6 Å². The first kappa shape index (κ1) is 11.2. The fraction of sp³-hybridized carbons (Fsp3) is 1.00. The van der Waals surface area contributed by atoms with Crippen molar-refractivity contribution in [2.75, 3.05) is 5.88 Å². The maximum absolute atomic E-state index is 5.57. The van der Waals surface area contributed by atoms with Crippen molar-refractivity contribution < 1.29 is 0 Å². The van der Waals surface area contributed by atoms with Crippen molar-refractivity contribution in [2.45, 2.75) is 39.2 Å². The van der Waals surface area contributed by atoms with Gasteiger partial charge >= 0.3 is 0 Å². The zero-order chi connectivity index (χ0) is 8.69. The Bertz CT molecular complexity index is 86.2. The number of hydrazine groups is 1. The molecule has 0 aliphatic heterocycles. The van der Waals surface area contributed by atoms with Gasteiger partial charge in [-0.1, -0.05) is 13.8 Å². The highest BCUT2D eigenvalue weighted by Gasteiger charge is 2.07. The fourth-order valence-corrected chi connectivity index (χ4v) is 1.32. The van der Waals surface area contributed by atoms with Crippen LogP contribution in [0.5, 0.6) is 0 Å². The van der Waals surface area contributed by atoms with E-state index in [2.05, 4.69) is 19.3 Å². The van der Waals surface area contributed by atoms with Crippen LogP contribution in [0.4, 0.5) is 0 Å². The van der Waals surface area contributed by atoms with Crippen molar-refractivity contribution in [1.82, 2.24) is 5.43 Å². The summed E-state index contributed by atoms with van der Waals surface area (Å²) in [5, 5.41) is 0. The smallest absolute Gasteiger partial charge is 0.0224 e. The molecule has 0 radical (unpaired) electrons. The van der Waals surface area contributed by atoms with Gasteiger partial charge in [0, 0.05) is 11.9 Å². The van der Waals surface area contributed by atoms with Gasteiger partial charge in [-0.3, -0.25) is 11.3 Å². The second kappa shape index (κ2) is 6.89. The zero-order valence-electron chi connectivity index (χ0n) is 7.44. The lowest BCUT2D eigenvalue weighted by molar-refractivity contribution is 0.402. The molecule has 0 aromatic heterocycles. The van der Waals surface area contributed by atoms with Crippen molar-refractivity contribution in [2.24, 2.45) is 11.8 Å². The second-order valence-electron chi connectivity index (χ2n) is 3.32. The summed E-state index contributed by atoms with van der Waals surface area (Å²) in [5.41, 5.74) is 2.81. The third-order valence-electron chi connectivity index (χ3n) is 1.68. The lowest BCUT2D eigenvalue weighted by atomic mass is 10.0. The van der Waals surface area contributed by atoms with E-state index in [9.17, 15) is 0 Å². The van der Waals surface area contributed by atoms with Crippen molar-refractivity contribution in [3.05, 3.63) is 0 Å². The minimum atomic E-state index is 0.439. The van der Waals surface area contributed by atoms with Crippen LogP contribution in [0.1, 0.15) is 33.1 Å². The lowest BCUT2D eigenvalue weighted by Gasteiger charge is -2.16. The van der Waals surface area contributed by atoms with Gasteiger partial charge in [-0.25, -0.2) is 0 Å². The Kier molecular flexibility index (Phi) is 7.02. The first-order valence-electron chi connectivity index (χ1n) is 4.22. The van der Waals surface area contributed by atoms with Crippen molar-refractivity contribution in [3.8, 4) is 0 Å². The van der Waals surface area contributed by atoms with Crippen molar-refractivity contribution in [1.29, 1.82) is 0 Å². The van der Waals surface area contributed by atoms with Crippen LogP contribution in [-0.4, -0.2) is 11.9 Å². The predicted octanol–water partition coefficient (Wildman–Crippen LogP) is 1.88. The van der Waals surface area contributed by atoms with E-state index in [1.165, 1.54) is 0 Å². The Morgan fingerprint density at radius 1 is 1.45 bits per heavy atom. The van der Waals surface area contributed by atoms with Gasteiger partial charge in [0.15, 0.2) is 0 Å². The van der Waals surface area contributed by atoms with E-state index in [-0.39, 0.29) is 0 Å². The molecule has 0 amide bonds. The Balaban J connectivity index is 3.41. The number of halogens is 1. The molecular weight excluding hydrogens is 160 g/mol. The molecule has 2 nitrogen and oxygen atoms in total. The van der Waals surface area contributed by atoms with Gasteiger partial charge < -0.3 is 0 Å². The van der Waals surface area contributed by atoms with Crippen LogP contribution in [-0.2, 0) is 0 Å². The van der Waals surface area contributed by atoms with Crippen LogP contribution >= 0.6 is 11.6 Å². The third kappa shape index (κ3) is 6.60. The Labute approximate surface area is 74.5 Å². The van der Waals surface area contributed by atoms with E-state index >= 15 is 0 Å². The molecule has 0 heterocycles. The standard InChI is InChI=1S/C8H19ClN2/c1-7(2)6-8(11-10)4-3-5-9/h7-8,11H,3-6,10H2,1-2H3. The Hall–Kier alpha value is 0.210. The first-order chi connectivity index (χ1) is 5.20. The second-order valence-corrected chi connectivity index (χ2v) is 3.70. The molecule has 0 aromatic rings. The maximum atomic E-state index is 5.57. The highest BCUT2D eigenvalue weighted by atomic mass is 35.5. The molecule has 0 aliphatic carbocycles.